The molecule has 2 aliphatic heterocycles. The number of urea groups is 1. The van der Waals surface area contributed by atoms with E-state index < -0.39 is 45.4 Å². The van der Waals surface area contributed by atoms with Gasteiger partial charge in [-0.15, -0.1) is 0 Å². The van der Waals surface area contributed by atoms with E-state index in [0.29, 0.717) is 38.5 Å². The van der Waals surface area contributed by atoms with Gasteiger partial charge in [-0.2, -0.15) is 0 Å². The molecule has 2 saturated heterocycles. The summed E-state index contributed by atoms with van der Waals surface area (Å²) in [7, 11) is -1.26. The summed E-state index contributed by atoms with van der Waals surface area (Å²) in [6.07, 6.45) is 4.09. The largest absolute Gasteiger partial charge is 0.388 e. The average Bonchev–Trinajstić information content (AvgIpc) is 3.05. The number of hydrogen-bond acceptors (Lipinski definition) is 7. The Hall–Kier alpha value is -2.50. The summed E-state index contributed by atoms with van der Waals surface area (Å²) in [6.45, 7) is -0.214. The van der Waals surface area contributed by atoms with E-state index in [4.69, 9.17) is 0 Å². The Kier molecular flexibility index (Phi) is 6.60. The van der Waals surface area contributed by atoms with Crippen molar-refractivity contribution in [2.45, 2.75) is 61.6 Å². The predicted molar refractivity (Wildman–Crippen MR) is 136 cm³/mol. The van der Waals surface area contributed by atoms with Crippen molar-refractivity contribution in [3.63, 3.8) is 0 Å². The van der Waals surface area contributed by atoms with Gasteiger partial charge in [0.1, 0.15) is 12.1 Å². The zero-order valence-electron chi connectivity index (χ0n) is 21.3. The minimum absolute atomic E-state index is 0.0633. The number of benzene rings is 1. The zero-order valence-corrected chi connectivity index (χ0v) is 22.1. The van der Waals surface area contributed by atoms with Crippen LogP contribution >= 0.6 is 0 Å². The Morgan fingerprint density at radius 1 is 1.00 bits per heavy atom. The van der Waals surface area contributed by atoms with E-state index in [1.54, 1.807) is 0 Å². The molecule has 10 nitrogen and oxygen atoms in total. The topological polar surface area (TPSA) is 127 Å². The van der Waals surface area contributed by atoms with Crippen LogP contribution in [0.5, 0.6) is 0 Å². The van der Waals surface area contributed by atoms with E-state index in [1.807, 2.05) is 25.2 Å². The number of aliphatic hydroxyl groups is 1. The highest BCUT2D eigenvalue weighted by Crippen LogP contribution is 2.48. The first-order chi connectivity index (χ1) is 17.5. The Balaban J connectivity index is 1.39. The molecule has 1 spiro atoms. The third-order valence-corrected chi connectivity index (χ3v) is 10.7. The van der Waals surface area contributed by atoms with Crippen molar-refractivity contribution in [3.8, 4) is 0 Å². The van der Waals surface area contributed by atoms with Crippen molar-refractivity contribution in [2.24, 2.45) is 0 Å². The first-order valence-corrected chi connectivity index (χ1v) is 14.9. The molecule has 11 heteroatoms. The summed E-state index contributed by atoms with van der Waals surface area (Å²) in [4.78, 5) is 44.6. The third kappa shape index (κ3) is 4.55. The Bertz CT molecular complexity index is 1160. The number of imide groups is 1. The van der Waals surface area contributed by atoms with Crippen LogP contribution in [0.3, 0.4) is 0 Å². The van der Waals surface area contributed by atoms with Crippen LogP contribution in [0.4, 0.5) is 4.79 Å². The van der Waals surface area contributed by atoms with Crippen molar-refractivity contribution >= 4 is 27.7 Å². The van der Waals surface area contributed by atoms with Crippen LogP contribution < -0.4 is 5.32 Å². The number of β-amino-alcohol motifs (C(OH)–C–C–N with tert-alkyl or cyclic N) is 1. The normalized spacial score (nSPS) is 31.0. The van der Waals surface area contributed by atoms with Crippen LogP contribution in [0.1, 0.15) is 50.5 Å². The van der Waals surface area contributed by atoms with Crippen LogP contribution in [-0.2, 0) is 25.0 Å². The predicted octanol–water partition coefficient (Wildman–Crippen LogP) is 0.850. The fourth-order valence-electron chi connectivity index (χ4n) is 6.39. The molecular formula is C26H36N4O6S. The molecule has 0 aromatic heterocycles. The Labute approximate surface area is 217 Å². The van der Waals surface area contributed by atoms with E-state index in [-0.39, 0.29) is 36.7 Å². The van der Waals surface area contributed by atoms with Crippen LogP contribution in [0.2, 0.25) is 0 Å². The number of carbonyl (C=O) groups is 3. The molecule has 5 rings (SSSR count). The minimum atomic E-state index is -3.17. The second kappa shape index (κ2) is 9.36. The van der Waals surface area contributed by atoms with E-state index in [1.165, 1.54) is 9.80 Å². The highest BCUT2D eigenvalue weighted by Gasteiger charge is 2.61. The molecule has 0 unspecified atom stereocenters. The van der Waals surface area contributed by atoms with E-state index >= 15 is 0 Å². The van der Waals surface area contributed by atoms with Gasteiger partial charge in [0.15, 0.2) is 9.84 Å². The lowest BCUT2D eigenvalue weighted by Crippen LogP contribution is -2.60. The van der Waals surface area contributed by atoms with Crippen molar-refractivity contribution in [2.75, 3.05) is 44.7 Å². The highest BCUT2D eigenvalue weighted by atomic mass is 32.2. The molecule has 1 aromatic carbocycles. The maximum atomic E-state index is 13.9. The van der Waals surface area contributed by atoms with Gasteiger partial charge in [0, 0.05) is 18.6 Å². The first kappa shape index (κ1) is 26.1. The molecule has 202 valence electrons. The zero-order chi connectivity index (χ0) is 26.5. The van der Waals surface area contributed by atoms with Gasteiger partial charge in [-0.3, -0.25) is 14.5 Å². The van der Waals surface area contributed by atoms with Gasteiger partial charge in [-0.05, 0) is 57.6 Å². The molecule has 4 fully saturated rings. The second-order valence-electron chi connectivity index (χ2n) is 11.1. The average molecular weight is 533 g/mol. The summed E-state index contributed by atoms with van der Waals surface area (Å²) in [6, 6.07) is 9.52. The number of nitrogens with zero attached hydrogens (tertiary/aromatic N) is 3. The summed E-state index contributed by atoms with van der Waals surface area (Å²) in [5, 5.41) is 14.4. The van der Waals surface area contributed by atoms with E-state index in [9.17, 15) is 27.9 Å². The molecule has 0 bridgehead atoms. The van der Waals surface area contributed by atoms with Gasteiger partial charge in [-0.25, -0.2) is 13.2 Å². The van der Waals surface area contributed by atoms with Gasteiger partial charge in [-0.1, -0.05) is 30.3 Å². The molecule has 2 saturated carbocycles. The standard InChI is InChI=1S/C26H36N4O6S/c1-27-25(20-6-3-2-4-7-20)10-12-26(13-11-25)22(32)29(23(33)30(26)19-24(34)8-5-9-24)18-21(31)28-14-16-37(35,36)17-15-28/h2-4,6-7,27,34H,5,8-19H2,1H3/t25-,26-. The summed E-state index contributed by atoms with van der Waals surface area (Å²) >= 11 is 0. The second-order valence-corrected chi connectivity index (χ2v) is 13.4. The number of rotatable bonds is 6. The van der Waals surface area contributed by atoms with Gasteiger partial charge in [0.05, 0.1) is 23.7 Å². The van der Waals surface area contributed by atoms with Crippen molar-refractivity contribution < 1.29 is 27.9 Å². The number of carbonyl (C=O) groups excluding carboxylic acids is 3. The smallest absolute Gasteiger partial charge is 0.328 e. The molecule has 2 aliphatic carbocycles. The first-order valence-electron chi connectivity index (χ1n) is 13.1. The van der Waals surface area contributed by atoms with Crippen molar-refractivity contribution in [1.29, 1.82) is 0 Å². The molecule has 2 heterocycles. The highest BCUT2D eigenvalue weighted by molar-refractivity contribution is 7.91. The lowest BCUT2D eigenvalue weighted by atomic mass is 9.68. The lowest BCUT2D eigenvalue weighted by molar-refractivity contribution is -0.142. The van der Waals surface area contributed by atoms with Crippen molar-refractivity contribution in [3.05, 3.63) is 35.9 Å². The molecular weight excluding hydrogens is 496 g/mol. The summed E-state index contributed by atoms with van der Waals surface area (Å²) < 4.78 is 23.5. The fraction of sp³-hybridized carbons (Fsp3) is 0.654. The monoisotopic (exact) mass is 532 g/mol. The molecule has 4 aliphatic rings. The number of amides is 4. The van der Waals surface area contributed by atoms with Gasteiger partial charge < -0.3 is 20.2 Å². The number of hydrogen-bond donors (Lipinski definition) is 2. The maximum Gasteiger partial charge on any atom is 0.328 e. The molecule has 1 aromatic rings. The number of nitrogens with one attached hydrogen (secondary N) is 1. The van der Waals surface area contributed by atoms with Crippen molar-refractivity contribution in [1.82, 2.24) is 20.0 Å². The third-order valence-electron chi connectivity index (χ3n) is 9.08. The molecule has 0 atom stereocenters. The van der Waals surface area contributed by atoms with Crippen LogP contribution in [0, 0.1) is 0 Å². The SMILES string of the molecule is CN[C@]1(c2ccccc2)CC[C@@]2(CC1)C(=O)N(CC(=O)N1CCS(=O)(=O)CC1)C(=O)N2CC1(O)CCC1. The number of sulfone groups is 1. The maximum absolute atomic E-state index is 13.9. The quantitative estimate of drug-likeness (QED) is 0.520. The molecule has 2 N–H and O–H groups in total. The lowest BCUT2D eigenvalue weighted by Gasteiger charge is -2.49. The van der Waals surface area contributed by atoms with Gasteiger partial charge in [0.25, 0.3) is 5.91 Å². The Morgan fingerprint density at radius 3 is 2.16 bits per heavy atom. The fourth-order valence-corrected chi connectivity index (χ4v) is 7.59. The van der Waals surface area contributed by atoms with E-state index in [0.717, 1.165) is 16.9 Å². The van der Waals surface area contributed by atoms with Crippen LogP contribution in [0.25, 0.3) is 0 Å². The summed E-state index contributed by atoms with van der Waals surface area (Å²) in [5.41, 5.74) is -1.33. The molecule has 4 amide bonds. The van der Waals surface area contributed by atoms with E-state index in [2.05, 4.69) is 17.4 Å². The molecule has 0 radical (unpaired) electrons. The van der Waals surface area contributed by atoms with Gasteiger partial charge in [0.2, 0.25) is 5.91 Å². The summed E-state index contributed by atoms with van der Waals surface area (Å²) in [5.74, 6) is -1.05. The van der Waals surface area contributed by atoms with Crippen LogP contribution in [0.15, 0.2) is 30.3 Å². The molecule has 37 heavy (non-hydrogen) atoms. The van der Waals surface area contributed by atoms with Gasteiger partial charge >= 0.3 is 6.03 Å². The Morgan fingerprint density at radius 2 is 1.62 bits per heavy atom. The minimum Gasteiger partial charge on any atom is -0.388 e. The van der Waals surface area contributed by atoms with Crippen LogP contribution in [-0.4, -0.2) is 102 Å².